The lowest BCUT2D eigenvalue weighted by molar-refractivity contribution is -0.120. The molecule has 2 atom stereocenters. The van der Waals surface area contributed by atoms with Crippen LogP contribution in [0.5, 0.6) is 0 Å². The van der Waals surface area contributed by atoms with Gasteiger partial charge in [-0.25, -0.2) is 4.39 Å². The van der Waals surface area contributed by atoms with Crippen LogP contribution in [0.15, 0.2) is 72.9 Å². The van der Waals surface area contributed by atoms with Crippen molar-refractivity contribution in [3.8, 4) is 0 Å². The molecule has 0 spiro atoms. The molecule has 8 heteroatoms. The van der Waals surface area contributed by atoms with E-state index in [1.54, 1.807) is 48.7 Å². The molecule has 34 heavy (non-hydrogen) atoms. The van der Waals surface area contributed by atoms with Gasteiger partial charge in [-0.1, -0.05) is 18.2 Å². The van der Waals surface area contributed by atoms with Crippen LogP contribution < -0.4 is 16.4 Å². The Balaban J connectivity index is 1.40. The molecule has 174 valence electrons. The first kappa shape index (κ1) is 23.1. The number of anilines is 3. The van der Waals surface area contributed by atoms with Gasteiger partial charge in [0.15, 0.2) is 0 Å². The van der Waals surface area contributed by atoms with Crippen LogP contribution in [0.3, 0.4) is 0 Å². The van der Waals surface area contributed by atoms with Gasteiger partial charge in [-0.2, -0.15) is 0 Å². The number of para-hydroxylation sites is 2. The molecule has 1 saturated heterocycles. The molecule has 0 radical (unpaired) electrons. The minimum atomic E-state index is -0.350. The van der Waals surface area contributed by atoms with Crippen LogP contribution in [-0.2, 0) is 9.59 Å². The summed E-state index contributed by atoms with van der Waals surface area (Å²) in [6.45, 7) is 1.30. The number of nitrogens with two attached hydrogens (primary N) is 1. The van der Waals surface area contributed by atoms with Crippen LogP contribution in [0.4, 0.5) is 21.5 Å². The highest BCUT2D eigenvalue weighted by Crippen LogP contribution is 2.32. The first-order valence-electron chi connectivity index (χ1n) is 10.9. The standard InChI is InChI=1S/C26H26FN5O2/c1-32-15-20(21(16-32)26(34)30-19-10-8-18(27)9-11-19)23-12-6-17(14-29-23)7-13-25(33)31-24-5-3-2-4-22(24)28/h2-14,20-21H,15-16,28H2,1H3,(H,30,34)(H,31,33). The Bertz CT molecular complexity index is 1190. The highest BCUT2D eigenvalue weighted by Gasteiger charge is 2.37. The number of hydrogen-bond donors (Lipinski definition) is 3. The summed E-state index contributed by atoms with van der Waals surface area (Å²) in [5.74, 6) is -1.13. The van der Waals surface area contributed by atoms with Crippen molar-refractivity contribution in [1.29, 1.82) is 0 Å². The summed E-state index contributed by atoms with van der Waals surface area (Å²) < 4.78 is 13.1. The summed E-state index contributed by atoms with van der Waals surface area (Å²) >= 11 is 0. The lowest BCUT2D eigenvalue weighted by atomic mass is 9.91. The van der Waals surface area contributed by atoms with Crippen LogP contribution in [-0.4, -0.2) is 41.8 Å². The summed E-state index contributed by atoms with van der Waals surface area (Å²) in [5, 5.41) is 5.62. The van der Waals surface area contributed by atoms with Crippen molar-refractivity contribution in [2.75, 3.05) is 36.5 Å². The van der Waals surface area contributed by atoms with Crippen LogP contribution in [0.25, 0.3) is 6.08 Å². The van der Waals surface area contributed by atoms with E-state index in [4.69, 9.17) is 5.73 Å². The van der Waals surface area contributed by atoms with Crippen LogP contribution >= 0.6 is 0 Å². The summed E-state index contributed by atoms with van der Waals surface area (Å²) in [5.41, 5.74) is 9.03. The fourth-order valence-corrected chi connectivity index (χ4v) is 4.03. The number of pyridine rings is 1. The molecule has 2 heterocycles. The zero-order valence-corrected chi connectivity index (χ0v) is 18.7. The van der Waals surface area contributed by atoms with Crippen molar-refractivity contribution in [2.45, 2.75) is 5.92 Å². The van der Waals surface area contributed by atoms with E-state index in [1.807, 2.05) is 19.2 Å². The Kier molecular flexibility index (Phi) is 6.98. The van der Waals surface area contributed by atoms with E-state index in [2.05, 4.69) is 20.5 Å². The summed E-state index contributed by atoms with van der Waals surface area (Å²) in [6, 6.07) is 16.5. The number of benzene rings is 2. The number of amides is 2. The maximum Gasteiger partial charge on any atom is 0.248 e. The molecule has 3 aromatic rings. The minimum Gasteiger partial charge on any atom is -0.397 e. The van der Waals surface area contributed by atoms with Crippen molar-refractivity contribution in [3.05, 3.63) is 90.0 Å². The predicted molar refractivity (Wildman–Crippen MR) is 132 cm³/mol. The first-order chi connectivity index (χ1) is 16.4. The zero-order chi connectivity index (χ0) is 24.1. The Morgan fingerprint density at radius 1 is 1.06 bits per heavy atom. The van der Waals surface area contributed by atoms with Crippen LogP contribution in [0, 0.1) is 11.7 Å². The second kappa shape index (κ2) is 10.3. The number of likely N-dealkylation sites (N-methyl/N-ethyl adjacent to an activating group) is 1. The third-order valence-corrected chi connectivity index (χ3v) is 5.79. The van der Waals surface area contributed by atoms with E-state index in [-0.39, 0.29) is 29.5 Å². The molecule has 1 fully saturated rings. The average Bonchev–Trinajstić information content (AvgIpc) is 3.23. The maximum absolute atomic E-state index is 13.1. The number of nitrogen functional groups attached to an aromatic ring is 1. The second-order valence-corrected chi connectivity index (χ2v) is 8.36. The number of hydrogen-bond acceptors (Lipinski definition) is 5. The Morgan fingerprint density at radius 2 is 1.82 bits per heavy atom. The summed E-state index contributed by atoms with van der Waals surface area (Å²) in [7, 11) is 1.97. The van der Waals surface area contributed by atoms with Gasteiger partial charge in [-0.3, -0.25) is 14.6 Å². The van der Waals surface area contributed by atoms with Gasteiger partial charge in [-0.05, 0) is 61.2 Å². The first-order valence-corrected chi connectivity index (χ1v) is 10.9. The number of likely N-dealkylation sites (tertiary alicyclic amines) is 1. The van der Waals surface area contributed by atoms with Crippen LogP contribution in [0.1, 0.15) is 17.2 Å². The Labute approximate surface area is 197 Å². The van der Waals surface area contributed by atoms with Crippen molar-refractivity contribution < 1.29 is 14.0 Å². The topological polar surface area (TPSA) is 100 Å². The lowest BCUT2D eigenvalue weighted by Crippen LogP contribution is -2.28. The number of aromatic nitrogens is 1. The van der Waals surface area contributed by atoms with Gasteiger partial charge in [0.25, 0.3) is 0 Å². The van der Waals surface area contributed by atoms with Gasteiger partial charge < -0.3 is 21.3 Å². The van der Waals surface area contributed by atoms with E-state index in [9.17, 15) is 14.0 Å². The van der Waals surface area contributed by atoms with E-state index in [0.29, 0.717) is 30.2 Å². The van der Waals surface area contributed by atoms with Crippen molar-refractivity contribution >= 4 is 35.0 Å². The van der Waals surface area contributed by atoms with Gasteiger partial charge in [-0.15, -0.1) is 0 Å². The molecular weight excluding hydrogens is 433 g/mol. The van der Waals surface area contributed by atoms with Gasteiger partial charge in [0.05, 0.1) is 17.3 Å². The Hall–Kier alpha value is -4.04. The highest BCUT2D eigenvalue weighted by molar-refractivity contribution is 6.03. The smallest absolute Gasteiger partial charge is 0.248 e. The molecule has 0 aliphatic carbocycles. The largest absolute Gasteiger partial charge is 0.397 e. The van der Waals surface area contributed by atoms with Gasteiger partial charge in [0.1, 0.15) is 5.82 Å². The van der Waals surface area contributed by atoms with Crippen LogP contribution in [0.2, 0.25) is 0 Å². The summed E-state index contributed by atoms with van der Waals surface area (Å²) in [6.07, 6.45) is 4.78. The quantitative estimate of drug-likeness (QED) is 0.385. The third-order valence-electron chi connectivity index (χ3n) is 5.79. The molecule has 2 unspecified atom stereocenters. The van der Waals surface area contributed by atoms with Crippen molar-refractivity contribution in [3.63, 3.8) is 0 Å². The monoisotopic (exact) mass is 459 g/mol. The number of nitrogens with one attached hydrogen (secondary N) is 2. The summed E-state index contributed by atoms with van der Waals surface area (Å²) in [4.78, 5) is 31.8. The maximum atomic E-state index is 13.1. The fraction of sp³-hybridized carbons (Fsp3) is 0.192. The van der Waals surface area contributed by atoms with Gasteiger partial charge in [0, 0.05) is 42.7 Å². The van der Waals surface area contributed by atoms with Gasteiger partial charge >= 0.3 is 0 Å². The zero-order valence-electron chi connectivity index (χ0n) is 18.7. The molecule has 1 aromatic heterocycles. The lowest BCUT2D eigenvalue weighted by Gasteiger charge is -2.18. The molecule has 1 aliphatic rings. The number of carbonyl (C=O) groups excluding carboxylic acids is 2. The number of rotatable bonds is 6. The molecule has 0 saturated carbocycles. The molecular formula is C26H26FN5O2. The normalized spacial score (nSPS) is 18.2. The van der Waals surface area contributed by atoms with E-state index in [1.165, 1.54) is 18.2 Å². The number of nitrogens with zero attached hydrogens (tertiary/aromatic N) is 2. The average molecular weight is 460 g/mol. The molecule has 7 nitrogen and oxygen atoms in total. The molecule has 4 rings (SSSR count). The number of carbonyl (C=O) groups is 2. The minimum absolute atomic E-state index is 0.0761. The van der Waals surface area contributed by atoms with E-state index >= 15 is 0 Å². The molecule has 2 aromatic carbocycles. The fourth-order valence-electron chi connectivity index (χ4n) is 4.03. The molecule has 2 amide bonds. The van der Waals surface area contributed by atoms with Crippen molar-refractivity contribution in [2.24, 2.45) is 5.92 Å². The van der Waals surface area contributed by atoms with E-state index < -0.39 is 0 Å². The Morgan fingerprint density at radius 3 is 2.53 bits per heavy atom. The predicted octanol–water partition coefficient (Wildman–Crippen LogP) is 3.74. The molecule has 0 bridgehead atoms. The van der Waals surface area contributed by atoms with Gasteiger partial charge in [0.2, 0.25) is 11.8 Å². The molecule has 4 N–H and O–H groups in total. The highest BCUT2D eigenvalue weighted by atomic mass is 19.1. The SMILES string of the molecule is CN1CC(C(=O)Nc2ccc(F)cc2)C(c2ccc(C=CC(=O)Nc3ccccc3N)cn2)C1. The molecule has 1 aliphatic heterocycles. The van der Waals surface area contributed by atoms with E-state index in [0.717, 1.165) is 11.3 Å². The second-order valence-electron chi connectivity index (χ2n) is 8.36. The van der Waals surface area contributed by atoms with Crippen molar-refractivity contribution in [1.82, 2.24) is 9.88 Å². The third kappa shape index (κ3) is 5.65. The number of halogens is 1.